The van der Waals surface area contributed by atoms with Crippen LogP contribution in [-0.4, -0.2) is 28.3 Å². The molecule has 1 fully saturated rings. The quantitative estimate of drug-likeness (QED) is 0.898. The number of hydrogen-bond donors (Lipinski definition) is 1. The van der Waals surface area contributed by atoms with Crippen LogP contribution < -0.4 is 10.1 Å². The van der Waals surface area contributed by atoms with Crippen LogP contribution in [0.4, 0.5) is 4.39 Å². The molecule has 0 aliphatic heterocycles. The van der Waals surface area contributed by atoms with E-state index in [0.29, 0.717) is 24.0 Å². The zero-order valence-electron chi connectivity index (χ0n) is 14.7. The maximum absolute atomic E-state index is 13.1. The Balaban J connectivity index is 1.83. The zero-order valence-corrected chi connectivity index (χ0v) is 14.7. The molecule has 1 heterocycles. The lowest BCUT2D eigenvalue weighted by molar-refractivity contribution is 0.0901. The number of amides is 1. The molecule has 6 heteroatoms. The van der Waals surface area contributed by atoms with Crippen molar-refractivity contribution in [2.45, 2.75) is 45.6 Å². The Hall–Kier alpha value is -2.37. The van der Waals surface area contributed by atoms with Crippen molar-refractivity contribution >= 4 is 5.91 Å². The number of halogens is 1. The first-order valence-corrected chi connectivity index (χ1v) is 8.87. The van der Waals surface area contributed by atoms with E-state index in [0.717, 1.165) is 19.3 Å². The van der Waals surface area contributed by atoms with Gasteiger partial charge in [-0.2, -0.15) is 5.10 Å². The summed E-state index contributed by atoms with van der Waals surface area (Å²) < 4.78 is 20.2. The monoisotopic (exact) mass is 345 g/mol. The molecule has 1 saturated carbocycles. The minimum Gasteiger partial charge on any atom is -0.490 e. The molecule has 1 aliphatic carbocycles. The number of carbonyl (C=O) groups excluding carboxylic acids is 1. The van der Waals surface area contributed by atoms with Gasteiger partial charge in [-0.1, -0.05) is 19.8 Å². The number of ether oxygens (including phenoxy) is 1. The topological polar surface area (TPSA) is 56.2 Å². The molecular weight excluding hydrogens is 321 g/mol. The van der Waals surface area contributed by atoms with Gasteiger partial charge in [0.05, 0.1) is 18.5 Å². The third-order valence-electron chi connectivity index (χ3n) is 4.71. The van der Waals surface area contributed by atoms with Crippen molar-refractivity contribution in [3.63, 3.8) is 0 Å². The number of nitrogens with zero attached hydrogens (tertiary/aromatic N) is 2. The molecule has 0 unspecified atom stereocenters. The van der Waals surface area contributed by atoms with Gasteiger partial charge in [0.25, 0.3) is 5.91 Å². The van der Waals surface area contributed by atoms with Crippen LogP contribution in [0.1, 0.15) is 50.0 Å². The van der Waals surface area contributed by atoms with Crippen LogP contribution in [0.25, 0.3) is 5.69 Å². The fraction of sp³-hybridized carbons (Fsp3) is 0.474. The fourth-order valence-electron chi connectivity index (χ4n) is 3.27. The highest BCUT2D eigenvalue weighted by Crippen LogP contribution is 2.25. The van der Waals surface area contributed by atoms with Crippen molar-refractivity contribution in [1.29, 1.82) is 0 Å². The van der Waals surface area contributed by atoms with E-state index in [4.69, 9.17) is 4.74 Å². The Bertz CT molecular complexity index is 727. The molecule has 0 bridgehead atoms. The Labute approximate surface area is 147 Å². The third kappa shape index (κ3) is 4.00. The smallest absolute Gasteiger partial charge is 0.275 e. The van der Waals surface area contributed by atoms with Crippen molar-refractivity contribution in [3.8, 4) is 11.4 Å². The number of aromatic nitrogens is 2. The van der Waals surface area contributed by atoms with E-state index in [9.17, 15) is 9.18 Å². The summed E-state index contributed by atoms with van der Waals surface area (Å²) in [7, 11) is 0. The summed E-state index contributed by atoms with van der Waals surface area (Å²) in [6, 6.07) is 6.12. The first-order valence-electron chi connectivity index (χ1n) is 8.87. The second kappa shape index (κ2) is 7.68. The summed E-state index contributed by atoms with van der Waals surface area (Å²) in [5.41, 5.74) is 0.941. The number of carbonyl (C=O) groups is 1. The van der Waals surface area contributed by atoms with Crippen LogP contribution in [0.5, 0.6) is 5.75 Å². The lowest BCUT2D eigenvalue weighted by Crippen LogP contribution is -2.41. The molecule has 3 rings (SSSR count). The molecule has 134 valence electrons. The summed E-state index contributed by atoms with van der Waals surface area (Å²) in [6.45, 7) is 4.47. The van der Waals surface area contributed by atoms with Gasteiger partial charge in [0.2, 0.25) is 0 Å². The van der Waals surface area contributed by atoms with Gasteiger partial charge in [0, 0.05) is 6.04 Å². The van der Waals surface area contributed by atoms with E-state index in [2.05, 4.69) is 17.3 Å². The van der Waals surface area contributed by atoms with Crippen molar-refractivity contribution in [2.75, 3.05) is 6.61 Å². The molecule has 25 heavy (non-hydrogen) atoms. The Morgan fingerprint density at radius 3 is 2.72 bits per heavy atom. The van der Waals surface area contributed by atoms with Gasteiger partial charge in [-0.25, -0.2) is 9.07 Å². The first-order chi connectivity index (χ1) is 12.1. The van der Waals surface area contributed by atoms with Crippen LogP contribution in [0, 0.1) is 11.7 Å². The van der Waals surface area contributed by atoms with Crippen LogP contribution in [0.2, 0.25) is 0 Å². The fourth-order valence-corrected chi connectivity index (χ4v) is 3.27. The van der Waals surface area contributed by atoms with Crippen molar-refractivity contribution in [3.05, 3.63) is 42.0 Å². The van der Waals surface area contributed by atoms with E-state index in [1.165, 1.54) is 18.6 Å². The molecule has 0 saturated heterocycles. The zero-order chi connectivity index (χ0) is 17.8. The van der Waals surface area contributed by atoms with Crippen molar-refractivity contribution < 1.29 is 13.9 Å². The summed E-state index contributed by atoms with van der Waals surface area (Å²) in [5, 5.41) is 7.48. The van der Waals surface area contributed by atoms with E-state index in [-0.39, 0.29) is 23.5 Å². The minimum absolute atomic E-state index is 0.173. The standard InChI is InChI=1S/C19H24FN3O2/c1-3-25-17-12-23(15-10-8-14(20)9-11-15)22-18(17)19(24)21-16-7-5-4-6-13(16)2/h8-13,16H,3-7H2,1-2H3,(H,21,24)/t13-,16+/m1/s1. The van der Waals surface area contributed by atoms with Crippen LogP contribution in [0.3, 0.4) is 0 Å². The van der Waals surface area contributed by atoms with Crippen LogP contribution in [-0.2, 0) is 0 Å². The van der Waals surface area contributed by atoms with E-state index in [1.54, 1.807) is 23.0 Å². The lowest BCUT2D eigenvalue weighted by atomic mass is 9.86. The molecule has 1 aromatic carbocycles. The van der Waals surface area contributed by atoms with Gasteiger partial charge in [0.1, 0.15) is 5.82 Å². The highest BCUT2D eigenvalue weighted by Gasteiger charge is 2.26. The molecule has 1 amide bonds. The van der Waals surface area contributed by atoms with Crippen molar-refractivity contribution in [1.82, 2.24) is 15.1 Å². The maximum atomic E-state index is 13.1. The van der Waals surface area contributed by atoms with Gasteiger partial charge >= 0.3 is 0 Å². The summed E-state index contributed by atoms with van der Waals surface area (Å²) in [5.74, 6) is 0.369. The van der Waals surface area contributed by atoms with E-state index in [1.807, 2.05) is 6.92 Å². The van der Waals surface area contributed by atoms with Crippen molar-refractivity contribution in [2.24, 2.45) is 5.92 Å². The third-order valence-corrected chi connectivity index (χ3v) is 4.71. The van der Waals surface area contributed by atoms with Gasteiger partial charge in [0.15, 0.2) is 11.4 Å². The predicted molar refractivity (Wildman–Crippen MR) is 93.6 cm³/mol. The number of rotatable bonds is 5. The van der Waals surface area contributed by atoms with Crippen LogP contribution in [0.15, 0.2) is 30.5 Å². The average molecular weight is 345 g/mol. The summed E-state index contributed by atoms with van der Waals surface area (Å²) in [4.78, 5) is 12.7. The minimum atomic E-state index is -0.315. The largest absolute Gasteiger partial charge is 0.490 e. The average Bonchev–Trinajstić information content (AvgIpc) is 3.02. The number of benzene rings is 1. The van der Waals surface area contributed by atoms with Crippen LogP contribution >= 0.6 is 0 Å². The summed E-state index contributed by atoms with van der Waals surface area (Å²) >= 11 is 0. The Morgan fingerprint density at radius 2 is 2.04 bits per heavy atom. The highest BCUT2D eigenvalue weighted by atomic mass is 19.1. The lowest BCUT2D eigenvalue weighted by Gasteiger charge is -2.29. The first kappa shape index (κ1) is 17.5. The van der Waals surface area contributed by atoms with E-state index < -0.39 is 0 Å². The maximum Gasteiger partial charge on any atom is 0.275 e. The number of hydrogen-bond acceptors (Lipinski definition) is 3. The second-order valence-electron chi connectivity index (χ2n) is 6.54. The molecule has 1 aliphatic rings. The molecule has 0 radical (unpaired) electrons. The molecule has 2 aromatic rings. The second-order valence-corrected chi connectivity index (χ2v) is 6.54. The van der Waals surface area contributed by atoms with E-state index >= 15 is 0 Å². The van der Waals surface area contributed by atoms with Gasteiger partial charge in [-0.3, -0.25) is 4.79 Å². The highest BCUT2D eigenvalue weighted by molar-refractivity contribution is 5.95. The predicted octanol–water partition coefficient (Wildman–Crippen LogP) is 3.72. The molecule has 5 nitrogen and oxygen atoms in total. The number of nitrogens with one attached hydrogen (secondary N) is 1. The molecule has 1 aromatic heterocycles. The summed E-state index contributed by atoms with van der Waals surface area (Å²) in [6.07, 6.45) is 6.15. The van der Waals surface area contributed by atoms with Gasteiger partial charge < -0.3 is 10.1 Å². The SMILES string of the molecule is CCOc1cn(-c2ccc(F)cc2)nc1C(=O)N[C@H]1CCCC[C@H]1C. The molecular formula is C19H24FN3O2. The molecule has 1 N–H and O–H groups in total. The Kier molecular flexibility index (Phi) is 5.36. The Morgan fingerprint density at radius 1 is 1.32 bits per heavy atom. The molecule has 0 spiro atoms. The van der Waals surface area contributed by atoms with Gasteiger partial charge in [-0.15, -0.1) is 0 Å². The van der Waals surface area contributed by atoms with Gasteiger partial charge in [-0.05, 0) is 49.9 Å². The normalized spacial score (nSPS) is 20.3. The molecule has 2 atom stereocenters.